The minimum absolute atomic E-state index is 0.392. The Morgan fingerprint density at radius 2 is 2.11 bits per heavy atom. The largest absolute Gasteiger partial charge is 0.389 e. The van der Waals surface area contributed by atoms with Gasteiger partial charge in [-0.15, -0.1) is 0 Å². The lowest BCUT2D eigenvalue weighted by atomic mass is 10.1. The highest BCUT2D eigenvalue weighted by molar-refractivity contribution is 7.80. The topological polar surface area (TPSA) is 42.2 Å². The van der Waals surface area contributed by atoms with Crippen LogP contribution in [0, 0.1) is 0 Å². The third kappa shape index (κ3) is 3.22. The number of hydrogen-bond acceptors (Lipinski definition) is 3. The molecule has 0 spiro atoms. The lowest BCUT2D eigenvalue weighted by Crippen LogP contribution is -2.21. The first kappa shape index (κ1) is 13.8. The van der Waals surface area contributed by atoms with Crippen molar-refractivity contribution in [2.75, 3.05) is 11.9 Å². The second-order valence-electron chi connectivity index (χ2n) is 4.20. The predicted molar refractivity (Wildman–Crippen MR) is 83.7 cm³/mol. The van der Waals surface area contributed by atoms with Crippen molar-refractivity contribution in [1.82, 2.24) is 4.98 Å². The van der Waals surface area contributed by atoms with Crippen LogP contribution >= 0.6 is 23.8 Å². The Hall–Kier alpha value is -1.65. The Kier molecular flexibility index (Phi) is 4.35. The molecule has 0 aliphatic rings. The van der Waals surface area contributed by atoms with Gasteiger partial charge in [-0.1, -0.05) is 36.0 Å². The summed E-state index contributed by atoms with van der Waals surface area (Å²) in [7, 11) is 1.98. The van der Waals surface area contributed by atoms with E-state index in [0.29, 0.717) is 16.6 Å². The van der Waals surface area contributed by atoms with E-state index in [2.05, 4.69) is 9.88 Å². The molecule has 5 heteroatoms. The Labute approximate surface area is 123 Å². The van der Waals surface area contributed by atoms with E-state index in [9.17, 15) is 0 Å². The number of halogens is 1. The molecule has 1 heterocycles. The van der Waals surface area contributed by atoms with E-state index in [1.165, 1.54) is 0 Å². The van der Waals surface area contributed by atoms with Crippen molar-refractivity contribution in [1.29, 1.82) is 0 Å². The Morgan fingerprint density at radius 3 is 2.79 bits per heavy atom. The van der Waals surface area contributed by atoms with Crippen LogP contribution in [-0.4, -0.2) is 17.0 Å². The van der Waals surface area contributed by atoms with E-state index in [4.69, 9.17) is 29.6 Å². The van der Waals surface area contributed by atoms with E-state index in [0.717, 1.165) is 16.8 Å². The second-order valence-corrected chi connectivity index (χ2v) is 5.05. The van der Waals surface area contributed by atoms with Gasteiger partial charge in [0.1, 0.15) is 4.99 Å². The minimum Gasteiger partial charge on any atom is -0.389 e. The zero-order chi connectivity index (χ0) is 13.8. The fourth-order valence-corrected chi connectivity index (χ4v) is 2.24. The maximum atomic E-state index is 6.12. The zero-order valence-corrected chi connectivity index (χ0v) is 12.1. The van der Waals surface area contributed by atoms with Crippen LogP contribution in [0.25, 0.3) is 0 Å². The maximum Gasteiger partial charge on any atom is 0.106 e. The van der Waals surface area contributed by atoms with Crippen LogP contribution in [0.15, 0.2) is 42.7 Å². The van der Waals surface area contributed by atoms with E-state index in [-0.39, 0.29) is 0 Å². The number of anilines is 1. The number of thiocarbonyl (C=S) groups is 1. The van der Waals surface area contributed by atoms with Crippen LogP contribution in [0.5, 0.6) is 0 Å². The molecule has 0 aliphatic carbocycles. The maximum absolute atomic E-state index is 6.12. The molecule has 0 saturated carbocycles. The number of hydrogen-bond donors (Lipinski definition) is 1. The van der Waals surface area contributed by atoms with E-state index >= 15 is 0 Å². The molecule has 19 heavy (non-hydrogen) atoms. The molecule has 0 bridgehead atoms. The van der Waals surface area contributed by atoms with Gasteiger partial charge < -0.3 is 10.6 Å². The van der Waals surface area contributed by atoms with Gasteiger partial charge in [0.2, 0.25) is 0 Å². The summed E-state index contributed by atoms with van der Waals surface area (Å²) in [6.45, 7) is 0.668. The van der Waals surface area contributed by atoms with Gasteiger partial charge in [-0.05, 0) is 23.8 Å². The van der Waals surface area contributed by atoms with E-state index < -0.39 is 0 Å². The second kappa shape index (κ2) is 5.99. The number of rotatable bonds is 4. The molecule has 0 atom stereocenters. The average molecular weight is 292 g/mol. The third-order valence-corrected chi connectivity index (χ3v) is 3.40. The molecule has 0 amide bonds. The minimum atomic E-state index is 0.392. The van der Waals surface area contributed by atoms with Crippen LogP contribution in [-0.2, 0) is 6.54 Å². The molecule has 3 nitrogen and oxygen atoms in total. The Bertz CT molecular complexity index is 601. The molecule has 0 aliphatic heterocycles. The number of nitrogens with zero attached hydrogens (tertiary/aromatic N) is 2. The zero-order valence-electron chi connectivity index (χ0n) is 10.5. The third-order valence-electron chi connectivity index (χ3n) is 2.84. The van der Waals surface area contributed by atoms with Crippen molar-refractivity contribution >= 4 is 34.5 Å². The van der Waals surface area contributed by atoms with Crippen molar-refractivity contribution in [3.63, 3.8) is 0 Å². The van der Waals surface area contributed by atoms with Gasteiger partial charge in [-0.2, -0.15) is 0 Å². The fourth-order valence-electron chi connectivity index (χ4n) is 1.89. The molecule has 0 fully saturated rings. The van der Waals surface area contributed by atoms with Crippen molar-refractivity contribution in [3.8, 4) is 0 Å². The smallest absolute Gasteiger partial charge is 0.106 e. The van der Waals surface area contributed by atoms with Gasteiger partial charge in [0.15, 0.2) is 0 Å². The lowest BCUT2D eigenvalue weighted by Gasteiger charge is -2.22. The molecule has 1 aromatic carbocycles. The van der Waals surface area contributed by atoms with Gasteiger partial charge >= 0.3 is 0 Å². The van der Waals surface area contributed by atoms with E-state index in [1.54, 1.807) is 12.4 Å². The molecule has 0 unspecified atom stereocenters. The molecule has 2 rings (SSSR count). The van der Waals surface area contributed by atoms with Crippen LogP contribution in [0.1, 0.15) is 11.1 Å². The van der Waals surface area contributed by atoms with Crippen molar-refractivity contribution in [2.45, 2.75) is 6.54 Å². The first-order chi connectivity index (χ1) is 9.09. The summed E-state index contributed by atoms with van der Waals surface area (Å²) in [5.74, 6) is 0. The molecule has 0 radical (unpaired) electrons. The molecule has 2 aromatic rings. The summed E-state index contributed by atoms with van der Waals surface area (Å²) in [4.78, 5) is 6.44. The van der Waals surface area contributed by atoms with Gasteiger partial charge in [0.25, 0.3) is 0 Å². The monoisotopic (exact) mass is 291 g/mol. The number of para-hydroxylation sites is 1. The highest BCUT2D eigenvalue weighted by atomic mass is 35.5. The molecular formula is C14H14ClN3S. The first-order valence-electron chi connectivity index (χ1n) is 5.78. The SMILES string of the molecule is CN(Cc1ccncc1Cl)c1ccccc1C(N)=S. The first-order valence-corrected chi connectivity index (χ1v) is 6.56. The molecule has 0 saturated heterocycles. The van der Waals surface area contributed by atoms with Crippen molar-refractivity contribution in [2.24, 2.45) is 5.73 Å². The predicted octanol–water partition coefficient (Wildman–Crippen LogP) is 3.01. The van der Waals surface area contributed by atoms with Crippen LogP contribution in [0.2, 0.25) is 5.02 Å². The average Bonchev–Trinajstić information content (AvgIpc) is 2.41. The van der Waals surface area contributed by atoms with Gasteiger partial charge in [-0.3, -0.25) is 4.98 Å². The summed E-state index contributed by atoms with van der Waals surface area (Å²) in [5.41, 5.74) is 8.61. The normalized spacial score (nSPS) is 10.2. The molecule has 98 valence electrons. The Morgan fingerprint density at radius 1 is 1.37 bits per heavy atom. The molecular weight excluding hydrogens is 278 g/mol. The van der Waals surface area contributed by atoms with Gasteiger partial charge in [0, 0.05) is 37.2 Å². The Balaban J connectivity index is 2.28. The quantitative estimate of drug-likeness (QED) is 0.880. The summed E-state index contributed by atoms with van der Waals surface area (Å²) in [6, 6.07) is 9.70. The van der Waals surface area contributed by atoms with Crippen LogP contribution in [0.3, 0.4) is 0 Å². The summed E-state index contributed by atoms with van der Waals surface area (Å²) in [6.07, 6.45) is 3.37. The molecule has 1 aromatic heterocycles. The fraction of sp³-hybridized carbons (Fsp3) is 0.143. The van der Waals surface area contributed by atoms with Crippen LogP contribution in [0.4, 0.5) is 5.69 Å². The number of benzene rings is 1. The van der Waals surface area contributed by atoms with Gasteiger partial charge in [0.05, 0.1) is 5.02 Å². The van der Waals surface area contributed by atoms with Crippen molar-refractivity contribution < 1.29 is 0 Å². The summed E-state index contributed by atoms with van der Waals surface area (Å²) in [5, 5.41) is 0.655. The van der Waals surface area contributed by atoms with Gasteiger partial charge in [-0.25, -0.2) is 0 Å². The van der Waals surface area contributed by atoms with Crippen molar-refractivity contribution in [3.05, 3.63) is 58.9 Å². The highest BCUT2D eigenvalue weighted by Gasteiger charge is 2.10. The summed E-state index contributed by atoms with van der Waals surface area (Å²) >= 11 is 11.2. The number of nitrogens with two attached hydrogens (primary N) is 1. The summed E-state index contributed by atoms with van der Waals surface area (Å²) < 4.78 is 0. The number of pyridine rings is 1. The van der Waals surface area contributed by atoms with Crippen LogP contribution < -0.4 is 10.6 Å². The molecule has 2 N–H and O–H groups in total. The number of aromatic nitrogens is 1. The highest BCUT2D eigenvalue weighted by Crippen LogP contribution is 2.23. The van der Waals surface area contributed by atoms with E-state index in [1.807, 2.05) is 37.4 Å². The standard InChI is InChI=1S/C14H14ClN3S/c1-18(9-10-6-7-17-8-12(10)15)13-5-3-2-4-11(13)14(16)19/h2-8H,9H2,1H3,(H2,16,19). The lowest BCUT2D eigenvalue weighted by molar-refractivity contribution is 0.918.